The van der Waals surface area contributed by atoms with Crippen molar-refractivity contribution >= 4 is 11.7 Å². The van der Waals surface area contributed by atoms with Crippen LogP contribution >= 0.6 is 0 Å². The topological polar surface area (TPSA) is 62.5 Å². The first kappa shape index (κ1) is 14.5. The van der Waals surface area contributed by atoms with Crippen LogP contribution in [0.25, 0.3) is 0 Å². The van der Waals surface area contributed by atoms with Crippen LogP contribution in [0.15, 0.2) is 48.5 Å². The van der Waals surface area contributed by atoms with Gasteiger partial charge in [0.05, 0.1) is 6.04 Å². The molecule has 1 amide bonds. The van der Waals surface area contributed by atoms with Gasteiger partial charge in [0.2, 0.25) is 0 Å². The number of nitrogens with two attached hydrogens (primary N) is 1. The van der Waals surface area contributed by atoms with Gasteiger partial charge in [-0.1, -0.05) is 36.4 Å². The van der Waals surface area contributed by atoms with Gasteiger partial charge in [0.1, 0.15) is 11.5 Å². The fraction of sp³-hybridized carbons (Fsp3) is 0.294. The molecule has 0 radical (unpaired) electrons. The van der Waals surface area contributed by atoms with Gasteiger partial charge in [0.15, 0.2) is 0 Å². The first-order valence-electron chi connectivity index (χ1n) is 7.42. The van der Waals surface area contributed by atoms with Crippen LogP contribution < -0.4 is 5.73 Å². The summed E-state index contributed by atoms with van der Waals surface area (Å²) in [5.74, 6) is 0.320. The lowest BCUT2D eigenvalue weighted by atomic mass is 10.0. The van der Waals surface area contributed by atoms with Gasteiger partial charge in [-0.2, -0.15) is 0 Å². The van der Waals surface area contributed by atoms with Gasteiger partial charge >= 0.3 is 0 Å². The molecule has 2 aromatic rings. The molecular formula is C17H20N4O. The summed E-state index contributed by atoms with van der Waals surface area (Å²) in [4.78, 5) is 20.9. The Morgan fingerprint density at radius 3 is 2.64 bits per heavy atom. The monoisotopic (exact) mass is 296 g/mol. The Balaban J connectivity index is 1.80. The lowest BCUT2D eigenvalue weighted by molar-refractivity contribution is 0.0541. The lowest BCUT2D eigenvalue weighted by Gasteiger charge is -2.39. The van der Waals surface area contributed by atoms with E-state index in [1.165, 1.54) is 5.56 Å². The molecule has 1 atom stereocenters. The van der Waals surface area contributed by atoms with Crippen molar-refractivity contribution in [3.05, 3.63) is 59.8 Å². The zero-order valence-electron chi connectivity index (χ0n) is 12.6. The molecule has 22 heavy (non-hydrogen) atoms. The SMILES string of the molecule is CN1CCN(C(=O)c2cccc(N)n2)C[C@H]1c1ccccc1. The second-order valence-corrected chi connectivity index (χ2v) is 5.61. The number of likely N-dealkylation sites (N-methyl/N-ethyl adjacent to an activating group) is 1. The summed E-state index contributed by atoms with van der Waals surface area (Å²) >= 11 is 0. The van der Waals surface area contributed by atoms with Gasteiger partial charge in [-0.25, -0.2) is 4.98 Å². The number of carbonyl (C=O) groups is 1. The summed E-state index contributed by atoms with van der Waals surface area (Å²) in [6, 6.07) is 15.7. The number of piperazine rings is 1. The Morgan fingerprint density at radius 2 is 1.91 bits per heavy atom. The average molecular weight is 296 g/mol. The molecule has 0 aliphatic carbocycles. The third-order valence-electron chi connectivity index (χ3n) is 4.11. The van der Waals surface area contributed by atoms with E-state index < -0.39 is 0 Å². The summed E-state index contributed by atoms with van der Waals surface area (Å²) < 4.78 is 0. The molecular weight excluding hydrogens is 276 g/mol. The first-order chi connectivity index (χ1) is 10.6. The summed E-state index contributed by atoms with van der Waals surface area (Å²) in [6.45, 7) is 2.21. The van der Waals surface area contributed by atoms with Crippen LogP contribution in [-0.4, -0.2) is 47.4 Å². The summed E-state index contributed by atoms with van der Waals surface area (Å²) in [5, 5.41) is 0. The van der Waals surface area contributed by atoms with Gasteiger partial charge in [-0.3, -0.25) is 9.69 Å². The standard InChI is InChI=1S/C17H20N4O/c1-20-10-11-21(12-15(20)13-6-3-2-4-7-13)17(22)14-8-5-9-16(18)19-14/h2-9,15H,10-12H2,1H3,(H2,18,19)/t15-/m0/s1. The minimum atomic E-state index is -0.0543. The normalized spacial score (nSPS) is 19.1. The second kappa shape index (κ2) is 6.15. The molecule has 0 saturated carbocycles. The fourth-order valence-corrected chi connectivity index (χ4v) is 2.83. The molecule has 0 bridgehead atoms. The summed E-state index contributed by atoms with van der Waals surface area (Å²) in [7, 11) is 2.10. The maximum Gasteiger partial charge on any atom is 0.272 e. The fourth-order valence-electron chi connectivity index (χ4n) is 2.83. The van der Waals surface area contributed by atoms with Crippen molar-refractivity contribution in [1.82, 2.24) is 14.8 Å². The van der Waals surface area contributed by atoms with E-state index in [-0.39, 0.29) is 11.9 Å². The first-order valence-corrected chi connectivity index (χ1v) is 7.42. The molecule has 1 fully saturated rings. The largest absolute Gasteiger partial charge is 0.384 e. The van der Waals surface area contributed by atoms with E-state index in [9.17, 15) is 4.79 Å². The van der Waals surface area contributed by atoms with Crippen LogP contribution in [0.2, 0.25) is 0 Å². The van der Waals surface area contributed by atoms with Crippen LogP contribution in [-0.2, 0) is 0 Å². The summed E-state index contributed by atoms with van der Waals surface area (Å²) in [6.07, 6.45) is 0. The molecule has 1 aliphatic rings. The number of rotatable bonds is 2. The Bertz CT molecular complexity index is 659. The quantitative estimate of drug-likeness (QED) is 0.918. The van der Waals surface area contributed by atoms with E-state index >= 15 is 0 Å². The highest BCUT2D eigenvalue weighted by Crippen LogP contribution is 2.24. The van der Waals surface area contributed by atoms with Crippen molar-refractivity contribution in [1.29, 1.82) is 0 Å². The highest BCUT2D eigenvalue weighted by molar-refractivity contribution is 5.92. The van der Waals surface area contributed by atoms with Crippen LogP contribution in [0, 0.1) is 0 Å². The van der Waals surface area contributed by atoms with E-state index in [0.717, 1.165) is 6.54 Å². The zero-order valence-corrected chi connectivity index (χ0v) is 12.6. The number of amides is 1. The minimum absolute atomic E-state index is 0.0543. The van der Waals surface area contributed by atoms with Gasteiger partial charge < -0.3 is 10.6 Å². The maximum atomic E-state index is 12.6. The predicted molar refractivity (Wildman–Crippen MR) is 86.4 cm³/mol. The molecule has 2 heterocycles. The van der Waals surface area contributed by atoms with Crippen molar-refractivity contribution in [3.63, 3.8) is 0 Å². The number of anilines is 1. The van der Waals surface area contributed by atoms with Gasteiger partial charge in [-0.05, 0) is 24.7 Å². The van der Waals surface area contributed by atoms with Gasteiger partial charge in [-0.15, -0.1) is 0 Å². The van der Waals surface area contributed by atoms with Crippen molar-refractivity contribution in [3.8, 4) is 0 Å². The van der Waals surface area contributed by atoms with E-state index in [1.54, 1.807) is 18.2 Å². The minimum Gasteiger partial charge on any atom is -0.384 e. The van der Waals surface area contributed by atoms with Crippen LogP contribution in [0.5, 0.6) is 0 Å². The van der Waals surface area contributed by atoms with E-state index in [0.29, 0.717) is 24.6 Å². The molecule has 1 aromatic carbocycles. The molecule has 1 aromatic heterocycles. The van der Waals surface area contributed by atoms with Crippen molar-refractivity contribution in [2.45, 2.75) is 6.04 Å². The maximum absolute atomic E-state index is 12.6. The molecule has 0 spiro atoms. The highest BCUT2D eigenvalue weighted by Gasteiger charge is 2.29. The smallest absolute Gasteiger partial charge is 0.272 e. The van der Waals surface area contributed by atoms with E-state index in [4.69, 9.17) is 5.73 Å². The summed E-state index contributed by atoms with van der Waals surface area (Å²) in [5.41, 5.74) is 7.31. The number of nitrogen functional groups attached to an aromatic ring is 1. The Morgan fingerprint density at radius 1 is 1.14 bits per heavy atom. The predicted octanol–water partition coefficient (Wildman–Crippen LogP) is 1.79. The number of benzene rings is 1. The van der Waals surface area contributed by atoms with Crippen molar-refractivity contribution in [2.24, 2.45) is 0 Å². The van der Waals surface area contributed by atoms with Gasteiger partial charge in [0.25, 0.3) is 5.91 Å². The van der Waals surface area contributed by atoms with E-state index in [2.05, 4.69) is 29.1 Å². The molecule has 0 unspecified atom stereocenters. The number of hydrogen-bond acceptors (Lipinski definition) is 4. The molecule has 3 rings (SSSR count). The van der Waals surface area contributed by atoms with Crippen molar-refractivity contribution in [2.75, 3.05) is 32.4 Å². The number of hydrogen-bond donors (Lipinski definition) is 1. The Hall–Kier alpha value is -2.40. The van der Waals surface area contributed by atoms with Crippen molar-refractivity contribution < 1.29 is 4.79 Å². The highest BCUT2D eigenvalue weighted by atomic mass is 16.2. The lowest BCUT2D eigenvalue weighted by Crippen LogP contribution is -2.49. The Labute approximate surface area is 130 Å². The van der Waals surface area contributed by atoms with Crippen LogP contribution in [0.3, 0.4) is 0 Å². The third-order valence-corrected chi connectivity index (χ3v) is 4.11. The third kappa shape index (κ3) is 2.94. The molecule has 5 heteroatoms. The van der Waals surface area contributed by atoms with Crippen LogP contribution in [0.1, 0.15) is 22.1 Å². The molecule has 5 nitrogen and oxygen atoms in total. The molecule has 1 saturated heterocycles. The molecule has 1 aliphatic heterocycles. The van der Waals surface area contributed by atoms with Gasteiger partial charge in [0, 0.05) is 19.6 Å². The Kier molecular flexibility index (Phi) is 4.06. The average Bonchev–Trinajstić information content (AvgIpc) is 2.55. The van der Waals surface area contributed by atoms with Crippen LogP contribution in [0.4, 0.5) is 5.82 Å². The number of pyridine rings is 1. The zero-order chi connectivity index (χ0) is 15.5. The molecule has 114 valence electrons. The molecule has 2 N–H and O–H groups in total. The second-order valence-electron chi connectivity index (χ2n) is 5.61. The number of carbonyl (C=O) groups excluding carboxylic acids is 1. The number of aromatic nitrogens is 1. The van der Waals surface area contributed by atoms with E-state index in [1.807, 2.05) is 23.1 Å². The number of nitrogens with zero attached hydrogens (tertiary/aromatic N) is 3.